The van der Waals surface area contributed by atoms with Crippen LogP contribution in [0.1, 0.15) is 22.8 Å². The van der Waals surface area contributed by atoms with E-state index in [1.807, 2.05) is 6.92 Å². The minimum absolute atomic E-state index is 0.0433. The van der Waals surface area contributed by atoms with Crippen molar-refractivity contribution in [2.24, 2.45) is 5.73 Å². The summed E-state index contributed by atoms with van der Waals surface area (Å²) < 4.78 is 24.8. The van der Waals surface area contributed by atoms with Crippen molar-refractivity contribution in [3.05, 3.63) is 29.3 Å². The number of sulfonamides is 1. The van der Waals surface area contributed by atoms with Gasteiger partial charge in [-0.3, -0.25) is 9.10 Å². The molecule has 1 heterocycles. The molecule has 0 aromatic heterocycles. The number of carbonyl (C=O) groups excluding carboxylic acids is 1. The maximum Gasteiger partial charge on any atom is 0.253 e. The molecule has 0 fully saturated rings. The monoisotopic (exact) mass is 311 g/mol. The van der Waals surface area contributed by atoms with Crippen molar-refractivity contribution in [1.29, 1.82) is 0 Å². The highest BCUT2D eigenvalue weighted by Crippen LogP contribution is 2.31. The minimum atomic E-state index is -3.26. The number of nitrogens with zero attached hydrogens (tertiary/aromatic N) is 2. The van der Waals surface area contributed by atoms with Crippen LogP contribution in [0.25, 0.3) is 0 Å². The van der Waals surface area contributed by atoms with Crippen LogP contribution >= 0.6 is 0 Å². The normalized spacial score (nSPS) is 15.7. The molecule has 1 aliphatic rings. The number of rotatable bonds is 4. The van der Waals surface area contributed by atoms with E-state index >= 15 is 0 Å². The summed E-state index contributed by atoms with van der Waals surface area (Å²) in [5, 5.41) is 0. The number of amides is 1. The Hall–Kier alpha value is -1.60. The fraction of sp³-hybridized carbons (Fsp3) is 0.500. The van der Waals surface area contributed by atoms with Crippen LogP contribution < -0.4 is 10.0 Å². The van der Waals surface area contributed by atoms with Crippen LogP contribution in [0, 0.1) is 0 Å². The van der Waals surface area contributed by atoms with E-state index in [2.05, 4.69) is 0 Å². The first-order valence-electron chi connectivity index (χ1n) is 6.83. The zero-order valence-electron chi connectivity index (χ0n) is 12.5. The SMILES string of the molecule is CC(CN)N(C)C(=O)c1ccc2c(c1)CCN2S(C)(=O)=O. The summed E-state index contributed by atoms with van der Waals surface area (Å²) in [5.74, 6) is -0.103. The highest BCUT2D eigenvalue weighted by Gasteiger charge is 2.27. The van der Waals surface area contributed by atoms with E-state index < -0.39 is 10.0 Å². The Morgan fingerprint density at radius 3 is 2.71 bits per heavy atom. The number of fused-ring (bicyclic) bond motifs is 1. The number of nitrogens with two attached hydrogens (primary N) is 1. The van der Waals surface area contributed by atoms with Crippen molar-refractivity contribution in [3.8, 4) is 0 Å². The molecule has 1 unspecified atom stereocenters. The van der Waals surface area contributed by atoms with Crippen LogP contribution in [0.5, 0.6) is 0 Å². The zero-order chi connectivity index (χ0) is 15.8. The van der Waals surface area contributed by atoms with E-state index in [0.29, 0.717) is 30.8 Å². The summed E-state index contributed by atoms with van der Waals surface area (Å²) in [6.07, 6.45) is 1.82. The van der Waals surface area contributed by atoms with Gasteiger partial charge in [0.2, 0.25) is 10.0 Å². The van der Waals surface area contributed by atoms with Gasteiger partial charge in [-0.1, -0.05) is 0 Å². The molecule has 0 radical (unpaired) electrons. The average Bonchev–Trinajstić information content (AvgIpc) is 2.87. The van der Waals surface area contributed by atoms with Gasteiger partial charge in [-0.05, 0) is 37.1 Å². The zero-order valence-corrected chi connectivity index (χ0v) is 13.4. The van der Waals surface area contributed by atoms with Gasteiger partial charge < -0.3 is 10.6 Å². The van der Waals surface area contributed by atoms with Crippen LogP contribution in [0.15, 0.2) is 18.2 Å². The second-order valence-electron chi connectivity index (χ2n) is 5.43. The topological polar surface area (TPSA) is 83.7 Å². The second kappa shape index (κ2) is 5.65. The minimum Gasteiger partial charge on any atom is -0.338 e. The predicted octanol–water partition coefficient (Wildman–Crippen LogP) is 0.428. The van der Waals surface area contributed by atoms with Crippen molar-refractivity contribution in [2.75, 3.05) is 30.7 Å². The summed E-state index contributed by atoms with van der Waals surface area (Å²) in [5.41, 5.74) is 7.70. The average molecular weight is 311 g/mol. The number of anilines is 1. The van der Waals surface area contributed by atoms with Crippen molar-refractivity contribution >= 4 is 21.6 Å². The van der Waals surface area contributed by atoms with Crippen molar-refractivity contribution in [2.45, 2.75) is 19.4 Å². The molecule has 1 aliphatic heterocycles. The van der Waals surface area contributed by atoms with Gasteiger partial charge in [0, 0.05) is 31.7 Å². The first kappa shape index (κ1) is 15.8. The summed E-state index contributed by atoms with van der Waals surface area (Å²) in [7, 11) is -1.54. The highest BCUT2D eigenvalue weighted by atomic mass is 32.2. The third kappa shape index (κ3) is 3.03. The lowest BCUT2D eigenvalue weighted by atomic mass is 10.1. The lowest BCUT2D eigenvalue weighted by Gasteiger charge is -2.24. The van der Waals surface area contributed by atoms with E-state index in [1.165, 1.54) is 10.6 Å². The van der Waals surface area contributed by atoms with E-state index in [-0.39, 0.29) is 11.9 Å². The van der Waals surface area contributed by atoms with Gasteiger partial charge in [0.25, 0.3) is 5.91 Å². The fourth-order valence-electron chi connectivity index (χ4n) is 2.41. The molecule has 0 bridgehead atoms. The van der Waals surface area contributed by atoms with Crippen molar-refractivity contribution in [3.63, 3.8) is 0 Å². The number of likely N-dealkylation sites (N-methyl/N-ethyl adjacent to an activating group) is 1. The van der Waals surface area contributed by atoms with Crippen molar-refractivity contribution in [1.82, 2.24) is 4.90 Å². The summed E-state index contributed by atoms with van der Waals surface area (Å²) >= 11 is 0. The molecule has 7 heteroatoms. The lowest BCUT2D eigenvalue weighted by molar-refractivity contribution is 0.0748. The molecule has 21 heavy (non-hydrogen) atoms. The summed E-state index contributed by atoms with van der Waals surface area (Å²) in [4.78, 5) is 14.0. The molecule has 116 valence electrons. The number of benzene rings is 1. The van der Waals surface area contributed by atoms with Crippen LogP contribution in [-0.2, 0) is 16.4 Å². The Kier molecular flexibility index (Phi) is 4.25. The van der Waals surface area contributed by atoms with Crippen LogP contribution in [0.4, 0.5) is 5.69 Å². The first-order chi connectivity index (χ1) is 9.75. The molecule has 2 N–H and O–H groups in total. The Labute approximate surface area is 125 Å². The van der Waals surface area contributed by atoms with Crippen molar-refractivity contribution < 1.29 is 13.2 Å². The molecule has 1 aromatic rings. The lowest BCUT2D eigenvalue weighted by Crippen LogP contribution is -2.39. The van der Waals surface area contributed by atoms with Gasteiger partial charge in [-0.2, -0.15) is 0 Å². The molecule has 0 saturated carbocycles. The molecule has 1 atom stereocenters. The quantitative estimate of drug-likeness (QED) is 0.874. The van der Waals surface area contributed by atoms with Gasteiger partial charge in [0.15, 0.2) is 0 Å². The number of hydrogen-bond acceptors (Lipinski definition) is 4. The molecule has 1 aromatic carbocycles. The van der Waals surface area contributed by atoms with Crippen LogP contribution in [0.2, 0.25) is 0 Å². The van der Waals surface area contributed by atoms with Gasteiger partial charge in [0.05, 0.1) is 11.9 Å². The van der Waals surface area contributed by atoms with E-state index in [9.17, 15) is 13.2 Å². The summed E-state index contributed by atoms with van der Waals surface area (Å²) in [6.45, 7) is 2.71. The van der Waals surface area contributed by atoms with Gasteiger partial charge >= 0.3 is 0 Å². The highest BCUT2D eigenvalue weighted by molar-refractivity contribution is 7.92. The first-order valence-corrected chi connectivity index (χ1v) is 8.68. The molecule has 1 amide bonds. The van der Waals surface area contributed by atoms with Gasteiger partial charge in [0.1, 0.15) is 0 Å². The smallest absolute Gasteiger partial charge is 0.253 e. The second-order valence-corrected chi connectivity index (χ2v) is 7.34. The summed E-state index contributed by atoms with van der Waals surface area (Å²) in [6, 6.07) is 5.11. The van der Waals surface area contributed by atoms with Gasteiger partial charge in [-0.25, -0.2) is 8.42 Å². The third-order valence-electron chi connectivity index (χ3n) is 3.90. The standard InChI is InChI=1S/C14H21N3O3S/c1-10(9-15)16(2)14(18)12-4-5-13-11(8-12)6-7-17(13)21(3,19)20/h4-5,8,10H,6-7,9,15H2,1-3H3. The maximum atomic E-state index is 12.4. The molecular weight excluding hydrogens is 290 g/mol. The fourth-order valence-corrected chi connectivity index (χ4v) is 3.37. The number of hydrogen-bond donors (Lipinski definition) is 1. The van der Waals surface area contributed by atoms with E-state index in [0.717, 1.165) is 5.56 Å². The maximum absolute atomic E-state index is 12.4. The molecule has 0 spiro atoms. The largest absolute Gasteiger partial charge is 0.338 e. The molecular formula is C14H21N3O3S. The van der Waals surface area contributed by atoms with E-state index in [4.69, 9.17) is 5.73 Å². The Balaban J connectivity index is 2.30. The van der Waals surface area contributed by atoms with E-state index in [1.54, 1.807) is 30.1 Å². The molecule has 6 nitrogen and oxygen atoms in total. The Morgan fingerprint density at radius 2 is 2.14 bits per heavy atom. The van der Waals surface area contributed by atoms with Gasteiger partial charge in [-0.15, -0.1) is 0 Å². The number of carbonyl (C=O) groups is 1. The third-order valence-corrected chi connectivity index (χ3v) is 5.08. The van der Waals surface area contributed by atoms with Crippen LogP contribution in [-0.4, -0.2) is 51.7 Å². The Bertz CT molecular complexity index is 657. The molecule has 0 saturated heterocycles. The molecule has 0 aliphatic carbocycles. The Morgan fingerprint density at radius 1 is 1.48 bits per heavy atom. The predicted molar refractivity (Wildman–Crippen MR) is 82.9 cm³/mol. The molecule has 2 rings (SSSR count). The van der Waals surface area contributed by atoms with Crippen LogP contribution in [0.3, 0.4) is 0 Å².